The fourth-order valence-corrected chi connectivity index (χ4v) is 2.35. The highest BCUT2D eigenvalue weighted by atomic mass is 16.5. The number of hydrogen-bond acceptors (Lipinski definition) is 4. The minimum atomic E-state index is 0.0349. The quantitative estimate of drug-likeness (QED) is 0.929. The van der Waals surface area contributed by atoms with Gasteiger partial charge in [-0.15, -0.1) is 10.2 Å². The van der Waals surface area contributed by atoms with Gasteiger partial charge in [0.05, 0.1) is 18.8 Å². The van der Waals surface area contributed by atoms with Crippen molar-refractivity contribution in [1.82, 2.24) is 15.5 Å². The van der Waals surface area contributed by atoms with Crippen molar-refractivity contribution in [2.45, 2.75) is 26.8 Å². The number of nitrogens with zero attached hydrogens (tertiary/aromatic N) is 2. The molecule has 0 aliphatic rings. The van der Waals surface area contributed by atoms with Crippen LogP contribution in [0.4, 0.5) is 0 Å². The van der Waals surface area contributed by atoms with Gasteiger partial charge in [0, 0.05) is 6.07 Å². The van der Waals surface area contributed by atoms with E-state index in [4.69, 9.17) is 4.74 Å². The van der Waals surface area contributed by atoms with Crippen LogP contribution >= 0.6 is 0 Å². The first-order valence-corrected chi connectivity index (χ1v) is 6.69. The molecule has 2 aromatic rings. The summed E-state index contributed by atoms with van der Waals surface area (Å²) in [5.74, 6) is 0.528. The highest BCUT2D eigenvalue weighted by Gasteiger charge is 2.17. The summed E-state index contributed by atoms with van der Waals surface area (Å²) in [7, 11) is 3.53. The minimum Gasteiger partial charge on any atom is -0.480 e. The third-order valence-electron chi connectivity index (χ3n) is 3.65. The van der Waals surface area contributed by atoms with Crippen molar-refractivity contribution in [2.24, 2.45) is 0 Å². The summed E-state index contributed by atoms with van der Waals surface area (Å²) in [5, 5.41) is 11.6. The first-order chi connectivity index (χ1) is 9.56. The first-order valence-electron chi connectivity index (χ1n) is 6.69. The molecule has 0 aliphatic heterocycles. The lowest BCUT2D eigenvalue weighted by atomic mass is 9.94. The Labute approximate surface area is 120 Å². The molecule has 1 atom stereocenters. The maximum Gasteiger partial charge on any atom is 0.233 e. The zero-order chi connectivity index (χ0) is 14.7. The molecule has 1 N–H and O–H groups in total. The van der Waals surface area contributed by atoms with E-state index in [0.717, 1.165) is 5.69 Å². The summed E-state index contributed by atoms with van der Waals surface area (Å²) in [5.41, 5.74) is 5.97. The van der Waals surface area contributed by atoms with Crippen LogP contribution in [0.15, 0.2) is 24.3 Å². The van der Waals surface area contributed by atoms with Crippen LogP contribution in [-0.4, -0.2) is 24.4 Å². The SMILES string of the molecule is CNC(c1ccc(OC)nn1)c1cc(C)c(C)cc1C. The Bertz CT molecular complexity index is 593. The summed E-state index contributed by atoms with van der Waals surface area (Å²) in [6.07, 6.45) is 0. The van der Waals surface area contributed by atoms with Crippen molar-refractivity contribution in [2.75, 3.05) is 14.2 Å². The molecule has 0 saturated heterocycles. The van der Waals surface area contributed by atoms with E-state index in [0.29, 0.717) is 5.88 Å². The standard InChI is InChI=1S/C16H21N3O/c1-10-8-12(3)13(9-11(10)2)16(17-4)14-6-7-15(20-5)19-18-14/h6-9,16-17H,1-5H3. The summed E-state index contributed by atoms with van der Waals surface area (Å²) in [6, 6.07) is 8.25. The van der Waals surface area contributed by atoms with Crippen LogP contribution < -0.4 is 10.1 Å². The molecule has 0 bridgehead atoms. The second-order valence-corrected chi connectivity index (χ2v) is 5.02. The van der Waals surface area contributed by atoms with Crippen LogP contribution in [0.2, 0.25) is 0 Å². The Morgan fingerprint density at radius 3 is 2.25 bits per heavy atom. The lowest BCUT2D eigenvalue weighted by molar-refractivity contribution is 0.390. The van der Waals surface area contributed by atoms with Gasteiger partial charge in [-0.05, 0) is 56.1 Å². The number of methoxy groups -OCH3 is 1. The normalized spacial score (nSPS) is 12.2. The molecule has 1 aromatic carbocycles. The summed E-state index contributed by atoms with van der Waals surface area (Å²) in [6.45, 7) is 6.39. The number of rotatable bonds is 4. The van der Waals surface area contributed by atoms with E-state index < -0.39 is 0 Å². The Kier molecular flexibility index (Phi) is 4.35. The predicted molar refractivity (Wildman–Crippen MR) is 80.1 cm³/mol. The highest BCUT2D eigenvalue weighted by molar-refractivity contribution is 5.41. The maximum atomic E-state index is 5.05. The molecule has 0 amide bonds. The zero-order valence-corrected chi connectivity index (χ0v) is 12.7. The van der Waals surface area contributed by atoms with Gasteiger partial charge in [0.15, 0.2) is 0 Å². The lowest BCUT2D eigenvalue weighted by Crippen LogP contribution is -2.20. The Morgan fingerprint density at radius 2 is 1.70 bits per heavy atom. The van der Waals surface area contributed by atoms with E-state index in [2.05, 4.69) is 48.4 Å². The van der Waals surface area contributed by atoms with Gasteiger partial charge in [0.1, 0.15) is 0 Å². The van der Waals surface area contributed by atoms with Gasteiger partial charge in [-0.3, -0.25) is 0 Å². The number of aromatic nitrogens is 2. The summed E-state index contributed by atoms with van der Waals surface area (Å²) in [4.78, 5) is 0. The predicted octanol–water partition coefficient (Wildman–Crippen LogP) is 2.72. The van der Waals surface area contributed by atoms with Crippen LogP contribution in [-0.2, 0) is 0 Å². The molecule has 0 spiro atoms. The lowest BCUT2D eigenvalue weighted by Gasteiger charge is -2.19. The molecule has 106 valence electrons. The van der Waals surface area contributed by atoms with Crippen LogP contribution in [0.25, 0.3) is 0 Å². The Hall–Kier alpha value is -1.94. The van der Waals surface area contributed by atoms with Crippen molar-refractivity contribution >= 4 is 0 Å². The molecule has 0 fully saturated rings. The van der Waals surface area contributed by atoms with Gasteiger partial charge in [-0.2, -0.15) is 0 Å². The van der Waals surface area contributed by atoms with Gasteiger partial charge in [0.25, 0.3) is 0 Å². The van der Waals surface area contributed by atoms with Gasteiger partial charge < -0.3 is 10.1 Å². The second kappa shape index (κ2) is 6.01. The molecule has 1 unspecified atom stereocenters. The van der Waals surface area contributed by atoms with Gasteiger partial charge in [0.2, 0.25) is 5.88 Å². The van der Waals surface area contributed by atoms with Gasteiger partial charge >= 0.3 is 0 Å². The average Bonchev–Trinajstić information content (AvgIpc) is 2.46. The minimum absolute atomic E-state index is 0.0349. The molecule has 4 heteroatoms. The molecule has 4 nitrogen and oxygen atoms in total. The smallest absolute Gasteiger partial charge is 0.233 e. The third-order valence-corrected chi connectivity index (χ3v) is 3.65. The number of nitrogens with one attached hydrogen (secondary N) is 1. The molecular formula is C16H21N3O. The molecular weight excluding hydrogens is 250 g/mol. The van der Waals surface area contributed by atoms with Crippen molar-refractivity contribution in [3.8, 4) is 5.88 Å². The molecule has 2 rings (SSSR count). The molecule has 0 aliphatic carbocycles. The number of hydrogen-bond donors (Lipinski definition) is 1. The topological polar surface area (TPSA) is 47.0 Å². The number of aryl methyl sites for hydroxylation is 3. The Morgan fingerprint density at radius 1 is 1.00 bits per heavy atom. The van der Waals surface area contributed by atoms with Gasteiger partial charge in [-0.25, -0.2) is 0 Å². The van der Waals surface area contributed by atoms with Gasteiger partial charge in [-0.1, -0.05) is 12.1 Å². The van der Waals surface area contributed by atoms with Crippen LogP contribution in [0.5, 0.6) is 5.88 Å². The van der Waals surface area contributed by atoms with E-state index in [1.807, 2.05) is 19.2 Å². The van der Waals surface area contributed by atoms with E-state index in [-0.39, 0.29) is 6.04 Å². The monoisotopic (exact) mass is 271 g/mol. The molecule has 1 aromatic heterocycles. The molecule has 0 radical (unpaired) electrons. The molecule has 1 heterocycles. The molecule has 20 heavy (non-hydrogen) atoms. The van der Waals surface area contributed by atoms with E-state index in [9.17, 15) is 0 Å². The summed E-state index contributed by atoms with van der Waals surface area (Å²) >= 11 is 0. The Balaban J connectivity index is 2.43. The number of ether oxygens (including phenoxy) is 1. The fraction of sp³-hybridized carbons (Fsp3) is 0.375. The van der Waals surface area contributed by atoms with Crippen molar-refractivity contribution in [3.05, 3.63) is 52.2 Å². The molecule has 0 saturated carbocycles. The van der Waals surface area contributed by atoms with Crippen molar-refractivity contribution in [1.29, 1.82) is 0 Å². The second-order valence-electron chi connectivity index (χ2n) is 5.02. The largest absolute Gasteiger partial charge is 0.480 e. The third kappa shape index (κ3) is 2.80. The fourth-order valence-electron chi connectivity index (χ4n) is 2.35. The highest BCUT2D eigenvalue weighted by Crippen LogP contribution is 2.26. The zero-order valence-electron chi connectivity index (χ0n) is 12.7. The van der Waals surface area contributed by atoms with Crippen molar-refractivity contribution < 1.29 is 4.74 Å². The van der Waals surface area contributed by atoms with E-state index >= 15 is 0 Å². The number of benzene rings is 1. The first kappa shape index (κ1) is 14.5. The van der Waals surface area contributed by atoms with Crippen molar-refractivity contribution in [3.63, 3.8) is 0 Å². The average molecular weight is 271 g/mol. The maximum absolute atomic E-state index is 5.05. The van der Waals surface area contributed by atoms with Crippen LogP contribution in [0, 0.1) is 20.8 Å². The van der Waals surface area contributed by atoms with E-state index in [1.165, 1.54) is 22.3 Å². The van der Waals surface area contributed by atoms with Crippen LogP contribution in [0.1, 0.15) is 34.0 Å². The van der Waals surface area contributed by atoms with E-state index in [1.54, 1.807) is 7.11 Å². The summed E-state index contributed by atoms with van der Waals surface area (Å²) < 4.78 is 5.05. The van der Waals surface area contributed by atoms with Crippen LogP contribution in [0.3, 0.4) is 0 Å².